The molecule has 2 aromatic carbocycles. The average molecular weight is 849 g/mol. The summed E-state index contributed by atoms with van der Waals surface area (Å²) in [6.45, 7) is 9.11. The summed E-state index contributed by atoms with van der Waals surface area (Å²) in [5, 5.41) is 22.2. The summed E-state index contributed by atoms with van der Waals surface area (Å²) >= 11 is 0. The lowest BCUT2D eigenvalue weighted by Gasteiger charge is -2.34. The molecule has 13 heteroatoms. The van der Waals surface area contributed by atoms with Crippen LogP contribution in [0.5, 0.6) is 0 Å². The zero-order valence-electron chi connectivity index (χ0n) is 36.9. The van der Waals surface area contributed by atoms with E-state index in [0.29, 0.717) is 24.0 Å². The van der Waals surface area contributed by atoms with E-state index >= 15 is 0 Å². The molecule has 2 aliphatic rings. The number of rotatable bonds is 24. The summed E-state index contributed by atoms with van der Waals surface area (Å²) in [7, 11) is 1.56. The number of carbonyl (C=O) groups excluding carboxylic acids is 4. The van der Waals surface area contributed by atoms with Gasteiger partial charge in [0.05, 0.1) is 31.1 Å². The third-order valence-electron chi connectivity index (χ3n) is 10.8. The molecule has 1 heterocycles. The summed E-state index contributed by atoms with van der Waals surface area (Å²) in [4.78, 5) is 56.8. The molecule has 0 radical (unpaired) electrons. The number of benzene rings is 2. The summed E-state index contributed by atoms with van der Waals surface area (Å²) in [6, 6.07) is 14.5. The van der Waals surface area contributed by atoms with Gasteiger partial charge in [0.15, 0.2) is 5.79 Å². The Bertz CT molecular complexity index is 1760. The molecule has 1 aliphatic carbocycles. The van der Waals surface area contributed by atoms with E-state index in [1.165, 1.54) is 11.2 Å². The highest BCUT2D eigenvalue weighted by atomic mass is 16.8. The molecule has 2 amide bonds. The van der Waals surface area contributed by atoms with Gasteiger partial charge in [-0.1, -0.05) is 88.1 Å². The van der Waals surface area contributed by atoms with Crippen LogP contribution >= 0.6 is 0 Å². The van der Waals surface area contributed by atoms with Gasteiger partial charge in [0.2, 0.25) is 11.8 Å². The monoisotopic (exact) mass is 848 g/mol. The van der Waals surface area contributed by atoms with Crippen LogP contribution in [0.3, 0.4) is 0 Å². The third kappa shape index (κ3) is 15.1. The zero-order valence-corrected chi connectivity index (χ0v) is 36.9. The largest absolute Gasteiger partial charge is 0.499 e. The molecule has 5 unspecified atom stereocenters. The number of ether oxygens (including phenoxy) is 5. The lowest BCUT2D eigenvalue weighted by atomic mass is 9.90. The minimum atomic E-state index is -1.01. The Morgan fingerprint density at radius 3 is 2.26 bits per heavy atom. The Hall–Kier alpha value is -4.56. The number of nitrogens with zero attached hydrogens (tertiary/aromatic N) is 1. The van der Waals surface area contributed by atoms with Gasteiger partial charge in [0.1, 0.15) is 36.6 Å². The van der Waals surface area contributed by atoms with Crippen LogP contribution in [0.1, 0.15) is 127 Å². The van der Waals surface area contributed by atoms with E-state index in [1.807, 2.05) is 30.3 Å². The van der Waals surface area contributed by atoms with Gasteiger partial charge in [-0.15, -0.1) is 0 Å². The highest BCUT2D eigenvalue weighted by Gasteiger charge is 2.53. The first kappa shape index (κ1) is 49.1. The smallest absolute Gasteiger partial charge is 0.339 e. The van der Waals surface area contributed by atoms with Crippen LogP contribution in [-0.2, 0) is 44.5 Å². The van der Waals surface area contributed by atoms with Crippen LogP contribution in [0.15, 0.2) is 72.5 Å². The predicted octanol–water partition coefficient (Wildman–Crippen LogP) is 6.83. The molecule has 4 rings (SSSR count). The quantitative estimate of drug-likeness (QED) is 0.0575. The molecule has 5 atom stereocenters. The summed E-state index contributed by atoms with van der Waals surface area (Å²) in [5.74, 6) is -2.94. The number of unbranched alkanes of at least 4 members (excludes halogenated alkanes) is 4. The van der Waals surface area contributed by atoms with Crippen LogP contribution in [0.4, 0.5) is 0 Å². The predicted molar refractivity (Wildman–Crippen MR) is 232 cm³/mol. The van der Waals surface area contributed by atoms with Gasteiger partial charge >= 0.3 is 11.9 Å². The maximum Gasteiger partial charge on any atom is 0.339 e. The number of hydrogen-bond acceptors (Lipinski definition) is 11. The van der Waals surface area contributed by atoms with Crippen molar-refractivity contribution in [3.8, 4) is 0 Å². The van der Waals surface area contributed by atoms with Gasteiger partial charge in [0.25, 0.3) is 0 Å². The standard InChI is InChI=1S/C48H68N2O11/c1-7-9-16-25-48(26-17-10-8-2)59-41-32-36(31-40(43(41)61-48)58-46(56)38-21-15-14-20-35(38)24-28-57-29-27-51)45(55)50(6)39(30-34-18-12-11-13-19-34)44(54)49-37(33-52)22-23-42(53)60-47(3,4)5/h11-15,18-21,24,28,32,37,39-41,43,51-52H,7-10,16-17,22-23,25-27,29-31,33H2,1-6H3,(H,49,54). The maximum atomic E-state index is 14.7. The first-order valence-electron chi connectivity index (χ1n) is 21.9. The molecule has 3 N–H and O–H groups in total. The zero-order chi connectivity index (χ0) is 44.4. The minimum Gasteiger partial charge on any atom is -0.499 e. The molecular formula is C48H68N2O11. The second-order valence-corrected chi connectivity index (χ2v) is 16.9. The van der Waals surface area contributed by atoms with Crippen molar-refractivity contribution < 1.29 is 53.1 Å². The number of nitrogens with one attached hydrogen (secondary N) is 1. The van der Waals surface area contributed by atoms with E-state index < -0.39 is 72.1 Å². The van der Waals surface area contributed by atoms with Crippen molar-refractivity contribution in [3.63, 3.8) is 0 Å². The summed E-state index contributed by atoms with van der Waals surface area (Å²) in [6.07, 6.45) is 9.86. The third-order valence-corrected chi connectivity index (χ3v) is 10.8. The SMILES string of the molecule is CCCCCC1(CCCCC)OC2C=C(C(=O)N(C)C(Cc3ccccc3)C(=O)NC(CO)CCC(=O)OC(C)(C)C)CC(OC(=O)c3ccccc3C=COCCO)C2O1. The molecule has 61 heavy (non-hydrogen) atoms. The Balaban J connectivity index is 1.66. The lowest BCUT2D eigenvalue weighted by molar-refractivity contribution is -0.190. The van der Waals surface area contributed by atoms with E-state index in [2.05, 4.69) is 19.2 Å². The number of amides is 2. The fourth-order valence-corrected chi connectivity index (χ4v) is 7.66. The first-order valence-corrected chi connectivity index (χ1v) is 21.9. The van der Waals surface area contributed by atoms with E-state index in [4.69, 9.17) is 28.8 Å². The van der Waals surface area contributed by atoms with Crippen molar-refractivity contribution in [2.45, 2.75) is 153 Å². The van der Waals surface area contributed by atoms with Crippen molar-refractivity contribution in [3.05, 3.63) is 89.2 Å². The molecule has 0 saturated carbocycles. The van der Waals surface area contributed by atoms with E-state index in [9.17, 15) is 24.3 Å². The fraction of sp³-hybridized carbons (Fsp3) is 0.583. The highest BCUT2D eigenvalue weighted by molar-refractivity contribution is 5.98. The van der Waals surface area contributed by atoms with Gasteiger partial charge in [-0.3, -0.25) is 14.4 Å². The molecule has 0 aromatic heterocycles. The Morgan fingerprint density at radius 1 is 0.951 bits per heavy atom. The minimum absolute atomic E-state index is 0.00584. The van der Waals surface area contributed by atoms with E-state index in [-0.39, 0.29) is 44.5 Å². The van der Waals surface area contributed by atoms with Gasteiger partial charge in [0, 0.05) is 44.7 Å². The van der Waals surface area contributed by atoms with Crippen molar-refractivity contribution in [2.75, 3.05) is 26.9 Å². The molecule has 13 nitrogen and oxygen atoms in total. The normalized spacial score (nSPS) is 19.3. The first-order chi connectivity index (χ1) is 29.2. The highest BCUT2D eigenvalue weighted by Crippen LogP contribution is 2.43. The van der Waals surface area contributed by atoms with Gasteiger partial charge in [-0.05, 0) is 69.4 Å². The van der Waals surface area contributed by atoms with Crippen molar-refractivity contribution in [1.29, 1.82) is 0 Å². The van der Waals surface area contributed by atoms with Crippen LogP contribution in [0.25, 0.3) is 6.08 Å². The van der Waals surface area contributed by atoms with Gasteiger partial charge < -0.3 is 44.1 Å². The number of esters is 2. The van der Waals surface area contributed by atoms with Crippen molar-refractivity contribution >= 4 is 29.8 Å². The number of hydrogen-bond donors (Lipinski definition) is 3. The molecule has 1 fully saturated rings. The number of aliphatic hydroxyl groups is 2. The van der Waals surface area contributed by atoms with E-state index in [1.54, 1.807) is 64.2 Å². The average Bonchev–Trinajstić information content (AvgIpc) is 3.61. The topological polar surface area (TPSA) is 170 Å². The van der Waals surface area contributed by atoms with E-state index in [0.717, 1.165) is 44.1 Å². The molecule has 2 aromatic rings. The second kappa shape index (κ2) is 24.2. The number of fused-ring (bicyclic) bond motifs is 1. The number of likely N-dealkylation sites (N-methyl/N-ethyl adjacent to an activating group) is 1. The second-order valence-electron chi connectivity index (χ2n) is 16.9. The summed E-state index contributed by atoms with van der Waals surface area (Å²) in [5.41, 5.74) is 1.27. The van der Waals surface area contributed by atoms with Crippen molar-refractivity contribution in [2.24, 2.45) is 0 Å². The number of aliphatic hydroxyl groups excluding tert-OH is 2. The Morgan fingerprint density at radius 2 is 1.62 bits per heavy atom. The van der Waals surface area contributed by atoms with Crippen LogP contribution in [0.2, 0.25) is 0 Å². The molecule has 1 aliphatic heterocycles. The number of carbonyl (C=O) groups is 4. The Labute approximate surface area is 361 Å². The maximum absolute atomic E-state index is 14.7. The van der Waals surface area contributed by atoms with Gasteiger partial charge in [-0.25, -0.2) is 4.79 Å². The van der Waals surface area contributed by atoms with Gasteiger partial charge in [-0.2, -0.15) is 0 Å². The molecular weight excluding hydrogens is 781 g/mol. The fourth-order valence-electron chi connectivity index (χ4n) is 7.66. The van der Waals surface area contributed by atoms with Crippen LogP contribution in [0, 0.1) is 0 Å². The van der Waals surface area contributed by atoms with Crippen LogP contribution < -0.4 is 5.32 Å². The van der Waals surface area contributed by atoms with Crippen LogP contribution in [-0.4, -0.2) is 108 Å². The Kier molecular flexibility index (Phi) is 19.5. The summed E-state index contributed by atoms with van der Waals surface area (Å²) < 4.78 is 30.7. The molecule has 336 valence electrons. The molecule has 1 saturated heterocycles. The lowest BCUT2D eigenvalue weighted by Crippen LogP contribution is -2.53. The molecule has 0 spiro atoms. The molecule has 0 bridgehead atoms. The van der Waals surface area contributed by atoms with Crippen molar-refractivity contribution in [1.82, 2.24) is 10.2 Å².